The third kappa shape index (κ3) is 4.05. The van der Waals surface area contributed by atoms with Gasteiger partial charge in [-0.3, -0.25) is 0 Å². The molecular weight excluding hydrogens is 242 g/mol. The number of hydrogen-bond acceptors (Lipinski definition) is 4. The summed E-state index contributed by atoms with van der Waals surface area (Å²) in [6, 6.07) is 11.4. The third-order valence-corrected chi connectivity index (χ3v) is 2.72. The lowest BCUT2D eigenvalue weighted by Gasteiger charge is -2.06. The maximum atomic E-state index is 8.93. The molecule has 1 aromatic carbocycles. The zero-order chi connectivity index (χ0) is 13.5. The van der Waals surface area contributed by atoms with Gasteiger partial charge in [0.1, 0.15) is 5.75 Å². The van der Waals surface area contributed by atoms with Crippen molar-refractivity contribution < 1.29 is 14.6 Å². The zero-order valence-electron chi connectivity index (χ0n) is 10.9. The lowest BCUT2D eigenvalue weighted by atomic mass is 10.1. The Morgan fingerprint density at radius 3 is 2.37 bits per heavy atom. The van der Waals surface area contributed by atoms with Crippen molar-refractivity contribution in [3.8, 4) is 11.6 Å². The quantitative estimate of drug-likeness (QED) is 0.866. The van der Waals surface area contributed by atoms with Crippen LogP contribution in [-0.2, 0) is 17.8 Å². The number of methoxy groups -OCH3 is 1. The number of pyridine rings is 1. The molecule has 1 aromatic heterocycles. The number of benzene rings is 1. The Labute approximate surface area is 112 Å². The van der Waals surface area contributed by atoms with Crippen LogP contribution in [0.15, 0.2) is 42.6 Å². The minimum absolute atomic E-state index is 0.0124. The molecule has 0 aliphatic rings. The molecule has 0 fully saturated rings. The van der Waals surface area contributed by atoms with E-state index in [4.69, 9.17) is 14.6 Å². The molecule has 2 rings (SSSR count). The Morgan fingerprint density at radius 2 is 1.79 bits per heavy atom. The molecule has 1 N–H and O–H groups in total. The lowest BCUT2D eigenvalue weighted by molar-refractivity contribution is 0.202. The molecule has 0 atom stereocenters. The third-order valence-electron chi connectivity index (χ3n) is 2.72. The lowest BCUT2D eigenvalue weighted by Crippen LogP contribution is -1.94. The number of rotatable bonds is 6. The number of nitrogens with zero attached hydrogens (tertiary/aromatic N) is 1. The van der Waals surface area contributed by atoms with E-state index < -0.39 is 0 Å². The average Bonchev–Trinajstić information content (AvgIpc) is 2.47. The Hall–Kier alpha value is -1.91. The predicted octanol–water partition coefficient (Wildman–Crippen LogP) is 2.56. The van der Waals surface area contributed by atoms with Crippen molar-refractivity contribution in [2.45, 2.75) is 13.0 Å². The summed E-state index contributed by atoms with van der Waals surface area (Å²) in [6.07, 6.45) is 2.49. The first-order chi connectivity index (χ1) is 9.31. The molecule has 0 aliphatic carbocycles. The number of aliphatic hydroxyl groups is 1. The topological polar surface area (TPSA) is 51.6 Å². The Kier molecular flexibility index (Phi) is 4.89. The van der Waals surface area contributed by atoms with E-state index in [0.717, 1.165) is 17.7 Å². The molecule has 1 heterocycles. The fourth-order valence-corrected chi connectivity index (χ4v) is 1.63. The second-order valence-electron chi connectivity index (χ2n) is 4.15. The fraction of sp³-hybridized carbons (Fsp3) is 0.267. The fourth-order valence-electron chi connectivity index (χ4n) is 1.63. The van der Waals surface area contributed by atoms with Crippen molar-refractivity contribution in [3.63, 3.8) is 0 Å². The highest BCUT2D eigenvalue weighted by Gasteiger charge is 2.00. The van der Waals surface area contributed by atoms with Crippen molar-refractivity contribution in [2.75, 3.05) is 13.7 Å². The van der Waals surface area contributed by atoms with Crippen LogP contribution in [-0.4, -0.2) is 23.8 Å². The first kappa shape index (κ1) is 13.5. The Morgan fingerprint density at radius 1 is 1.05 bits per heavy atom. The zero-order valence-corrected chi connectivity index (χ0v) is 10.9. The van der Waals surface area contributed by atoms with Gasteiger partial charge < -0.3 is 14.6 Å². The van der Waals surface area contributed by atoms with Crippen LogP contribution < -0.4 is 4.74 Å². The first-order valence-corrected chi connectivity index (χ1v) is 6.13. The molecule has 0 saturated carbocycles. The minimum Gasteiger partial charge on any atom is -0.439 e. The Balaban J connectivity index is 1.98. The van der Waals surface area contributed by atoms with Gasteiger partial charge in [-0.25, -0.2) is 4.98 Å². The molecule has 2 aromatic rings. The normalized spacial score (nSPS) is 10.4. The molecule has 0 radical (unpaired) electrons. The van der Waals surface area contributed by atoms with E-state index in [1.54, 1.807) is 25.4 Å². The van der Waals surface area contributed by atoms with Crippen LogP contribution >= 0.6 is 0 Å². The van der Waals surface area contributed by atoms with E-state index in [-0.39, 0.29) is 6.61 Å². The van der Waals surface area contributed by atoms with Crippen LogP contribution in [0.4, 0.5) is 0 Å². The highest BCUT2D eigenvalue weighted by atomic mass is 16.5. The summed E-state index contributed by atoms with van der Waals surface area (Å²) < 4.78 is 10.6. The summed E-state index contributed by atoms with van der Waals surface area (Å²) in [6.45, 7) is 0.700. The second-order valence-corrected chi connectivity index (χ2v) is 4.15. The minimum atomic E-state index is -0.0124. The van der Waals surface area contributed by atoms with Crippen molar-refractivity contribution >= 4 is 0 Å². The van der Waals surface area contributed by atoms with E-state index >= 15 is 0 Å². The molecule has 100 valence electrons. The van der Waals surface area contributed by atoms with Crippen molar-refractivity contribution in [1.82, 2.24) is 4.98 Å². The standard InChI is InChI=1S/C15H17NO3/c1-18-9-8-12-2-5-14(6-3-12)19-15-7-4-13(11-17)10-16-15/h2-7,10,17H,8-9,11H2,1H3. The molecule has 0 amide bonds. The van der Waals surface area contributed by atoms with Gasteiger partial charge in [-0.15, -0.1) is 0 Å². The average molecular weight is 259 g/mol. The monoisotopic (exact) mass is 259 g/mol. The number of ether oxygens (including phenoxy) is 2. The summed E-state index contributed by atoms with van der Waals surface area (Å²) >= 11 is 0. The Bertz CT molecular complexity index is 494. The van der Waals surface area contributed by atoms with Gasteiger partial charge in [0.25, 0.3) is 0 Å². The molecule has 19 heavy (non-hydrogen) atoms. The summed E-state index contributed by atoms with van der Waals surface area (Å²) in [5.41, 5.74) is 1.97. The maximum Gasteiger partial charge on any atom is 0.219 e. The number of aliphatic hydroxyl groups excluding tert-OH is 1. The summed E-state index contributed by atoms with van der Waals surface area (Å²) in [5, 5.41) is 8.93. The largest absolute Gasteiger partial charge is 0.439 e. The first-order valence-electron chi connectivity index (χ1n) is 6.13. The van der Waals surface area contributed by atoms with Crippen LogP contribution in [0.3, 0.4) is 0 Å². The van der Waals surface area contributed by atoms with E-state index in [9.17, 15) is 0 Å². The summed E-state index contributed by atoms with van der Waals surface area (Å²) in [7, 11) is 1.69. The van der Waals surface area contributed by atoms with Gasteiger partial charge in [-0.2, -0.15) is 0 Å². The molecule has 0 bridgehead atoms. The molecular formula is C15H17NO3. The highest BCUT2D eigenvalue weighted by Crippen LogP contribution is 2.20. The van der Waals surface area contributed by atoms with E-state index in [1.807, 2.05) is 24.3 Å². The van der Waals surface area contributed by atoms with Crippen LogP contribution in [0.2, 0.25) is 0 Å². The predicted molar refractivity (Wildman–Crippen MR) is 72.3 cm³/mol. The summed E-state index contributed by atoms with van der Waals surface area (Å²) in [4.78, 5) is 4.11. The van der Waals surface area contributed by atoms with Gasteiger partial charge in [0, 0.05) is 19.4 Å². The molecule has 4 nitrogen and oxygen atoms in total. The van der Waals surface area contributed by atoms with Crippen LogP contribution in [0.5, 0.6) is 11.6 Å². The molecule has 0 unspecified atom stereocenters. The smallest absolute Gasteiger partial charge is 0.219 e. The molecule has 0 saturated heterocycles. The van der Waals surface area contributed by atoms with E-state index in [1.165, 1.54) is 5.56 Å². The van der Waals surface area contributed by atoms with Crippen LogP contribution in [0.25, 0.3) is 0 Å². The maximum absolute atomic E-state index is 8.93. The van der Waals surface area contributed by atoms with Gasteiger partial charge in [0.2, 0.25) is 5.88 Å². The van der Waals surface area contributed by atoms with Gasteiger partial charge in [0.05, 0.1) is 13.2 Å². The second kappa shape index (κ2) is 6.87. The van der Waals surface area contributed by atoms with Gasteiger partial charge in [-0.05, 0) is 35.7 Å². The molecule has 0 aliphatic heterocycles. The summed E-state index contributed by atoms with van der Waals surface area (Å²) in [5.74, 6) is 1.26. The molecule has 0 spiro atoms. The molecule has 4 heteroatoms. The van der Waals surface area contributed by atoms with Crippen molar-refractivity contribution in [1.29, 1.82) is 0 Å². The van der Waals surface area contributed by atoms with Crippen LogP contribution in [0.1, 0.15) is 11.1 Å². The van der Waals surface area contributed by atoms with E-state index in [0.29, 0.717) is 12.5 Å². The van der Waals surface area contributed by atoms with E-state index in [2.05, 4.69) is 4.98 Å². The SMILES string of the molecule is COCCc1ccc(Oc2ccc(CO)cn2)cc1. The number of aromatic nitrogens is 1. The van der Waals surface area contributed by atoms with Crippen molar-refractivity contribution in [2.24, 2.45) is 0 Å². The van der Waals surface area contributed by atoms with Gasteiger partial charge >= 0.3 is 0 Å². The van der Waals surface area contributed by atoms with Crippen LogP contribution in [0, 0.1) is 0 Å². The van der Waals surface area contributed by atoms with Crippen molar-refractivity contribution in [3.05, 3.63) is 53.7 Å². The van der Waals surface area contributed by atoms with Gasteiger partial charge in [0.15, 0.2) is 0 Å². The highest BCUT2D eigenvalue weighted by molar-refractivity contribution is 5.31. The van der Waals surface area contributed by atoms with Gasteiger partial charge in [-0.1, -0.05) is 12.1 Å². The number of hydrogen-bond donors (Lipinski definition) is 1.